The average molecular weight is 378 g/mol. The summed E-state index contributed by atoms with van der Waals surface area (Å²) in [6, 6.07) is -0.738. The first kappa shape index (κ1) is 20.6. The number of amides is 2. The number of fused-ring (bicyclic) bond motifs is 1. The number of carbonyl (C=O) groups excluding carboxylic acids is 2. The van der Waals surface area contributed by atoms with Crippen LogP contribution in [0.3, 0.4) is 0 Å². The zero-order valence-corrected chi connectivity index (χ0v) is 17.7. The monoisotopic (exact) mass is 377 g/mol. The molecule has 2 saturated carbocycles. The van der Waals surface area contributed by atoms with E-state index in [-0.39, 0.29) is 29.2 Å². The van der Waals surface area contributed by atoms with Crippen molar-refractivity contribution in [3.05, 3.63) is 0 Å². The highest BCUT2D eigenvalue weighted by molar-refractivity contribution is 5.90. The maximum absolute atomic E-state index is 13.4. The first-order valence-electron chi connectivity index (χ1n) is 11.1. The Labute approximate surface area is 164 Å². The molecule has 5 atom stereocenters. The van der Waals surface area contributed by atoms with Crippen molar-refractivity contribution in [3.8, 4) is 0 Å². The van der Waals surface area contributed by atoms with E-state index in [1.165, 1.54) is 25.7 Å². The van der Waals surface area contributed by atoms with E-state index < -0.39 is 12.1 Å². The molecular weight excluding hydrogens is 338 g/mol. The predicted molar refractivity (Wildman–Crippen MR) is 108 cm³/mol. The van der Waals surface area contributed by atoms with E-state index in [0.717, 1.165) is 32.2 Å². The lowest BCUT2D eigenvalue weighted by Crippen LogP contribution is -2.59. The second-order valence-corrected chi connectivity index (χ2v) is 10.3. The van der Waals surface area contributed by atoms with E-state index in [1.54, 1.807) is 0 Å². The van der Waals surface area contributed by atoms with Crippen LogP contribution in [0, 0.1) is 23.2 Å². The number of nitrogens with two attached hydrogens (primary N) is 1. The molecule has 5 heteroatoms. The number of nitrogens with one attached hydrogen (secondary N) is 1. The molecule has 3 aliphatic rings. The van der Waals surface area contributed by atoms with Crippen molar-refractivity contribution in [3.63, 3.8) is 0 Å². The van der Waals surface area contributed by atoms with Gasteiger partial charge in [0.2, 0.25) is 11.8 Å². The van der Waals surface area contributed by atoms with Gasteiger partial charge in [0.05, 0.1) is 6.04 Å². The molecule has 1 aliphatic heterocycles. The quantitative estimate of drug-likeness (QED) is 0.790. The molecule has 0 aromatic rings. The number of likely N-dealkylation sites (tertiary alicyclic amines) is 1. The number of hydrogen-bond donors (Lipinski definition) is 2. The summed E-state index contributed by atoms with van der Waals surface area (Å²) in [5.74, 6) is 1.45. The lowest BCUT2D eigenvalue weighted by Gasteiger charge is -2.37. The zero-order chi connectivity index (χ0) is 19.8. The van der Waals surface area contributed by atoms with Gasteiger partial charge in [0.15, 0.2) is 0 Å². The van der Waals surface area contributed by atoms with Crippen LogP contribution in [-0.4, -0.2) is 41.4 Å². The molecular formula is C22H39N3O2. The first-order valence-corrected chi connectivity index (χ1v) is 11.1. The van der Waals surface area contributed by atoms with Crippen LogP contribution in [0.15, 0.2) is 0 Å². The molecule has 3 rings (SSSR count). The molecule has 0 spiro atoms. The predicted octanol–water partition coefficient (Wildman–Crippen LogP) is 3.07. The van der Waals surface area contributed by atoms with E-state index in [1.807, 2.05) is 25.7 Å². The van der Waals surface area contributed by atoms with Gasteiger partial charge >= 0.3 is 0 Å². The summed E-state index contributed by atoms with van der Waals surface area (Å²) in [5.41, 5.74) is 5.97. The van der Waals surface area contributed by atoms with Crippen molar-refractivity contribution < 1.29 is 9.59 Å². The molecule has 3 fully saturated rings. The van der Waals surface area contributed by atoms with Gasteiger partial charge in [-0.25, -0.2) is 0 Å². The molecule has 0 unspecified atom stereocenters. The van der Waals surface area contributed by atoms with E-state index in [4.69, 9.17) is 5.73 Å². The Morgan fingerprint density at radius 2 is 1.70 bits per heavy atom. The molecule has 5 nitrogen and oxygen atoms in total. The van der Waals surface area contributed by atoms with E-state index in [0.29, 0.717) is 11.8 Å². The molecule has 1 heterocycles. The molecule has 0 aromatic carbocycles. The van der Waals surface area contributed by atoms with Crippen molar-refractivity contribution in [2.45, 2.75) is 97.2 Å². The average Bonchev–Trinajstić information content (AvgIpc) is 3.21. The fourth-order valence-electron chi connectivity index (χ4n) is 5.63. The Hall–Kier alpha value is -1.10. The summed E-state index contributed by atoms with van der Waals surface area (Å²) in [5, 5.41) is 3.06. The van der Waals surface area contributed by atoms with Gasteiger partial charge in [0, 0.05) is 12.6 Å². The third-order valence-electron chi connectivity index (χ3n) is 7.40. The fraction of sp³-hybridized carbons (Fsp3) is 0.909. The highest BCUT2D eigenvalue weighted by Gasteiger charge is 2.47. The van der Waals surface area contributed by atoms with Crippen LogP contribution in [0.1, 0.15) is 79.1 Å². The third-order valence-corrected chi connectivity index (χ3v) is 7.40. The summed E-state index contributed by atoms with van der Waals surface area (Å²) in [6.45, 7) is 9.13. The molecule has 1 saturated heterocycles. The Kier molecular flexibility index (Phi) is 6.19. The molecule has 154 valence electrons. The van der Waals surface area contributed by atoms with Crippen LogP contribution in [0.4, 0.5) is 0 Å². The maximum atomic E-state index is 13.4. The second kappa shape index (κ2) is 8.10. The third kappa shape index (κ3) is 4.33. The van der Waals surface area contributed by atoms with Gasteiger partial charge < -0.3 is 16.0 Å². The minimum atomic E-state index is -0.513. The lowest BCUT2D eigenvalue weighted by molar-refractivity contribution is -0.141. The van der Waals surface area contributed by atoms with Crippen LogP contribution in [0.2, 0.25) is 0 Å². The summed E-state index contributed by atoms with van der Waals surface area (Å²) < 4.78 is 0. The van der Waals surface area contributed by atoms with E-state index in [9.17, 15) is 9.59 Å². The molecule has 0 aromatic heterocycles. The Balaban J connectivity index is 1.68. The minimum absolute atomic E-state index is 0.0774. The Morgan fingerprint density at radius 1 is 1.04 bits per heavy atom. The summed E-state index contributed by atoms with van der Waals surface area (Å²) >= 11 is 0. The van der Waals surface area contributed by atoms with Gasteiger partial charge in [0.1, 0.15) is 6.04 Å². The lowest BCUT2D eigenvalue weighted by atomic mass is 9.82. The van der Waals surface area contributed by atoms with Crippen molar-refractivity contribution in [2.24, 2.45) is 28.9 Å². The van der Waals surface area contributed by atoms with Gasteiger partial charge in [-0.1, -0.05) is 46.5 Å². The van der Waals surface area contributed by atoms with E-state index in [2.05, 4.69) is 12.2 Å². The topological polar surface area (TPSA) is 75.4 Å². The van der Waals surface area contributed by atoms with Crippen LogP contribution in [0.5, 0.6) is 0 Å². The highest BCUT2D eigenvalue weighted by atomic mass is 16.2. The van der Waals surface area contributed by atoms with Crippen molar-refractivity contribution in [1.82, 2.24) is 10.2 Å². The number of rotatable bonds is 4. The van der Waals surface area contributed by atoms with Crippen LogP contribution >= 0.6 is 0 Å². The summed E-state index contributed by atoms with van der Waals surface area (Å²) in [7, 11) is 0. The van der Waals surface area contributed by atoms with Crippen LogP contribution < -0.4 is 11.1 Å². The van der Waals surface area contributed by atoms with Gasteiger partial charge in [-0.15, -0.1) is 0 Å². The molecule has 27 heavy (non-hydrogen) atoms. The molecule has 3 N–H and O–H groups in total. The normalized spacial score (nSPS) is 31.4. The summed E-state index contributed by atoms with van der Waals surface area (Å²) in [4.78, 5) is 28.4. The molecule has 2 amide bonds. The highest BCUT2D eigenvalue weighted by Crippen LogP contribution is 2.42. The second-order valence-electron chi connectivity index (χ2n) is 10.3. The van der Waals surface area contributed by atoms with Crippen LogP contribution in [0.25, 0.3) is 0 Å². The fourth-order valence-corrected chi connectivity index (χ4v) is 5.63. The smallest absolute Gasteiger partial charge is 0.245 e. The van der Waals surface area contributed by atoms with Gasteiger partial charge in [0.25, 0.3) is 0 Å². The number of carbonyl (C=O) groups is 2. The zero-order valence-electron chi connectivity index (χ0n) is 17.7. The number of hydrogen-bond acceptors (Lipinski definition) is 3. The Morgan fingerprint density at radius 3 is 2.30 bits per heavy atom. The molecule has 2 aliphatic carbocycles. The Bertz CT molecular complexity index is 550. The van der Waals surface area contributed by atoms with Gasteiger partial charge in [-0.2, -0.15) is 0 Å². The van der Waals surface area contributed by atoms with Crippen molar-refractivity contribution in [1.29, 1.82) is 0 Å². The first-order chi connectivity index (χ1) is 12.7. The number of nitrogens with zero attached hydrogens (tertiary/aromatic N) is 1. The van der Waals surface area contributed by atoms with Crippen LogP contribution in [-0.2, 0) is 9.59 Å². The van der Waals surface area contributed by atoms with Crippen molar-refractivity contribution >= 4 is 11.8 Å². The standard InChI is InChI=1S/C22H39N3O2/c1-14-17-12-8-11-16(17)13-25(14)21(27)19(22(2,3)4)24-20(26)18(23)15-9-6-5-7-10-15/h14-19H,5-13,23H2,1-4H3,(H,24,26)/t14-,16+,17-,18+,19-/m1/s1. The van der Waals surface area contributed by atoms with Gasteiger partial charge in [-0.05, 0) is 55.8 Å². The van der Waals surface area contributed by atoms with E-state index >= 15 is 0 Å². The van der Waals surface area contributed by atoms with Gasteiger partial charge in [-0.3, -0.25) is 9.59 Å². The van der Waals surface area contributed by atoms with Crippen molar-refractivity contribution in [2.75, 3.05) is 6.54 Å². The summed E-state index contributed by atoms with van der Waals surface area (Å²) in [6.07, 6.45) is 9.35. The molecule has 0 bridgehead atoms. The maximum Gasteiger partial charge on any atom is 0.245 e. The minimum Gasteiger partial charge on any atom is -0.342 e. The largest absolute Gasteiger partial charge is 0.342 e. The SMILES string of the molecule is C[C@@H]1[C@H]2CCC[C@H]2CN1C(=O)[C@@H](NC(=O)[C@@H](N)C1CCCCC1)C(C)(C)C. The molecule has 0 radical (unpaired) electrons.